The molecule has 0 aromatic carbocycles. The second kappa shape index (κ2) is 6.64. The van der Waals surface area contributed by atoms with Crippen LogP contribution in [-0.2, 0) is 6.54 Å². The van der Waals surface area contributed by atoms with Crippen LogP contribution in [0.5, 0.6) is 0 Å². The molecular weight excluding hydrogens is 342 g/mol. The van der Waals surface area contributed by atoms with Gasteiger partial charge in [-0.25, -0.2) is 4.98 Å². The molecule has 1 saturated carbocycles. The van der Waals surface area contributed by atoms with Gasteiger partial charge in [-0.3, -0.25) is 9.88 Å². The van der Waals surface area contributed by atoms with Crippen molar-refractivity contribution < 1.29 is 0 Å². The second-order valence-electron chi connectivity index (χ2n) is 7.77. The maximum atomic E-state index is 9.54. The summed E-state index contributed by atoms with van der Waals surface area (Å²) in [6, 6.07) is 5.10. The minimum Gasteiger partial charge on any atom is -0.370 e. The number of nitriles is 1. The van der Waals surface area contributed by atoms with Crippen LogP contribution in [0.15, 0.2) is 17.6 Å². The molecule has 0 N–H and O–H groups in total. The van der Waals surface area contributed by atoms with Crippen molar-refractivity contribution in [3.8, 4) is 6.07 Å². The number of aromatic nitrogens is 2. The lowest BCUT2D eigenvalue weighted by atomic mass is 9.91. The van der Waals surface area contributed by atoms with E-state index in [1.807, 2.05) is 20.0 Å². The molecule has 2 fully saturated rings. The maximum Gasteiger partial charge on any atom is 0.107 e. The van der Waals surface area contributed by atoms with Gasteiger partial charge >= 0.3 is 0 Å². The van der Waals surface area contributed by atoms with E-state index < -0.39 is 0 Å². The van der Waals surface area contributed by atoms with Crippen LogP contribution in [0.3, 0.4) is 0 Å². The summed E-state index contributed by atoms with van der Waals surface area (Å²) >= 11 is 1.74. The van der Waals surface area contributed by atoms with Crippen molar-refractivity contribution in [1.82, 2.24) is 14.9 Å². The van der Waals surface area contributed by atoms with E-state index in [9.17, 15) is 5.26 Å². The molecule has 0 bridgehead atoms. The Morgan fingerprint density at radius 2 is 2.15 bits per heavy atom. The minimum absolute atomic E-state index is 0.465. The number of anilines is 1. The molecular formula is C20H25N5S. The summed E-state index contributed by atoms with van der Waals surface area (Å²) in [6.07, 6.45) is 5.58. The molecule has 0 radical (unpaired) electrons. The molecule has 2 aromatic rings. The van der Waals surface area contributed by atoms with E-state index in [4.69, 9.17) is 0 Å². The third-order valence-electron chi connectivity index (χ3n) is 6.07. The lowest BCUT2D eigenvalue weighted by Gasteiger charge is -2.36. The zero-order valence-corrected chi connectivity index (χ0v) is 16.5. The molecule has 6 heteroatoms. The van der Waals surface area contributed by atoms with Gasteiger partial charge in [-0.15, -0.1) is 11.3 Å². The summed E-state index contributed by atoms with van der Waals surface area (Å²) in [6.45, 7) is 6.95. The number of aryl methyl sites for hydroxylation is 2. The second-order valence-corrected chi connectivity index (χ2v) is 8.74. The number of pyridine rings is 1. The highest BCUT2D eigenvalue weighted by Gasteiger charge is 2.56. The van der Waals surface area contributed by atoms with Crippen molar-refractivity contribution in [1.29, 1.82) is 5.26 Å². The van der Waals surface area contributed by atoms with Gasteiger partial charge in [0, 0.05) is 36.4 Å². The quantitative estimate of drug-likeness (QED) is 0.828. The Hall–Kier alpha value is -1.97. The summed E-state index contributed by atoms with van der Waals surface area (Å²) in [5.41, 5.74) is 4.10. The highest BCUT2D eigenvalue weighted by Crippen LogP contribution is 2.57. The molecule has 1 atom stereocenters. The van der Waals surface area contributed by atoms with E-state index >= 15 is 0 Å². The molecule has 26 heavy (non-hydrogen) atoms. The molecule has 2 aliphatic rings. The van der Waals surface area contributed by atoms with Crippen LogP contribution < -0.4 is 4.90 Å². The van der Waals surface area contributed by atoms with Gasteiger partial charge in [-0.2, -0.15) is 5.26 Å². The van der Waals surface area contributed by atoms with E-state index in [2.05, 4.69) is 44.3 Å². The molecule has 1 aliphatic heterocycles. The molecule has 1 aliphatic carbocycles. The van der Waals surface area contributed by atoms with E-state index in [1.165, 1.54) is 24.3 Å². The van der Waals surface area contributed by atoms with Crippen molar-refractivity contribution in [2.75, 3.05) is 25.0 Å². The Bertz CT molecular complexity index is 831. The van der Waals surface area contributed by atoms with Crippen molar-refractivity contribution >= 4 is 17.0 Å². The first-order valence-electron chi connectivity index (χ1n) is 9.24. The third kappa shape index (κ3) is 3.10. The number of piperidine rings is 1. The summed E-state index contributed by atoms with van der Waals surface area (Å²) in [5, 5.41) is 12.8. The van der Waals surface area contributed by atoms with Crippen molar-refractivity contribution in [3.63, 3.8) is 0 Å². The van der Waals surface area contributed by atoms with Gasteiger partial charge in [0.1, 0.15) is 11.1 Å². The Labute approximate surface area is 159 Å². The Morgan fingerprint density at radius 1 is 1.38 bits per heavy atom. The average molecular weight is 368 g/mol. The summed E-state index contributed by atoms with van der Waals surface area (Å²) in [7, 11) is 2.23. The van der Waals surface area contributed by atoms with Crippen molar-refractivity contribution in [3.05, 3.63) is 39.6 Å². The predicted molar refractivity (Wildman–Crippen MR) is 104 cm³/mol. The Kier molecular flexibility index (Phi) is 4.45. The number of nitrogens with zero attached hydrogens (tertiary/aromatic N) is 5. The van der Waals surface area contributed by atoms with Gasteiger partial charge < -0.3 is 4.90 Å². The zero-order valence-electron chi connectivity index (χ0n) is 15.7. The third-order valence-corrected chi connectivity index (χ3v) is 6.83. The normalized spacial score (nSPS) is 21.2. The van der Waals surface area contributed by atoms with Gasteiger partial charge in [0.05, 0.1) is 23.5 Å². The highest BCUT2D eigenvalue weighted by molar-refractivity contribution is 7.09. The molecule has 0 amide bonds. The van der Waals surface area contributed by atoms with Crippen LogP contribution in [0, 0.1) is 30.6 Å². The predicted octanol–water partition coefficient (Wildman–Crippen LogP) is 3.52. The van der Waals surface area contributed by atoms with Crippen LogP contribution in [0.4, 0.5) is 5.69 Å². The van der Waals surface area contributed by atoms with E-state index in [0.29, 0.717) is 11.5 Å². The van der Waals surface area contributed by atoms with Crippen LogP contribution in [-0.4, -0.2) is 41.0 Å². The number of hydrogen-bond donors (Lipinski definition) is 0. The largest absolute Gasteiger partial charge is 0.370 e. The van der Waals surface area contributed by atoms with Gasteiger partial charge in [-0.05, 0) is 51.6 Å². The lowest BCUT2D eigenvalue weighted by molar-refractivity contribution is 0.239. The van der Waals surface area contributed by atoms with Crippen LogP contribution in [0.25, 0.3) is 0 Å². The summed E-state index contributed by atoms with van der Waals surface area (Å²) in [4.78, 5) is 13.7. The van der Waals surface area contributed by atoms with Gasteiger partial charge in [0.2, 0.25) is 0 Å². The monoisotopic (exact) mass is 367 g/mol. The fraction of sp³-hybridized carbons (Fsp3) is 0.550. The number of rotatable bonds is 4. The molecule has 1 unspecified atom stereocenters. The average Bonchev–Trinajstić information content (AvgIpc) is 3.06. The SMILES string of the molecule is Cc1cc(N2CCC3(CC2)CC3N(C)Cc2nccs2)c(C#N)c(C)n1. The van der Waals surface area contributed by atoms with E-state index in [0.717, 1.165) is 42.3 Å². The van der Waals surface area contributed by atoms with Gasteiger partial charge in [0.15, 0.2) is 0 Å². The zero-order chi connectivity index (χ0) is 18.3. The molecule has 1 saturated heterocycles. The van der Waals surface area contributed by atoms with Gasteiger partial charge in [-0.1, -0.05) is 0 Å². The fourth-order valence-electron chi connectivity index (χ4n) is 4.53. The van der Waals surface area contributed by atoms with E-state index in [-0.39, 0.29) is 0 Å². The minimum atomic E-state index is 0.465. The maximum absolute atomic E-state index is 9.54. The number of hydrogen-bond acceptors (Lipinski definition) is 6. The van der Waals surface area contributed by atoms with Crippen LogP contribution >= 0.6 is 11.3 Å². The molecule has 3 heterocycles. The molecule has 1 spiro atoms. The summed E-state index contributed by atoms with van der Waals surface area (Å²) in [5.74, 6) is 0. The van der Waals surface area contributed by atoms with Crippen molar-refractivity contribution in [2.45, 2.75) is 45.7 Å². The molecule has 2 aromatic heterocycles. The topological polar surface area (TPSA) is 56.0 Å². The Balaban J connectivity index is 1.42. The summed E-state index contributed by atoms with van der Waals surface area (Å²) < 4.78 is 0. The fourth-order valence-corrected chi connectivity index (χ4v) is 5.21. The smallest absolute Gasteiger partial charge is 0.107 e. The van der Waals surface area contributed by atoms with Crippen LogP contribution in [0.1, 0.15) is 41.2 Å². The lowest BCUT2D eigenvalue weighted by Crippen LogP contribution is -2.38. The first-order chi connectivity index (χ1) is 12.5. The molecule has 136 valence electrons. The van der Waals surface area contributed by atoms with Crippen molar-refractivity contribution in [2.24, 2.45) is 5.41 Å². The molecule has 4 rings (SSSR count). The van der Waals surface area contributed by atoms with Crippen LogP contribution in [0.2, 0.25) is 0 Å². The standard InChI is InChI=1S/C20H25N5S/c1-14-10-17(16(12-21)15(2)23-14)25-7-4-20(5-8-25)11-18(20)24(3)13-19-22-6-9-26-19/h6,9-10,18H,4-5,7-8,11,13H2,1-3H3. The first-order valence-corrected chi connectivity index (χ1v) is 10.1. The highest BCUT2D eigenvalue weighted by atomic mass is 32.1. The molecule has 5 nitrogen and oxygen atoms in total. The number of thiazole rings is 1. The van der Waals surface area contributed by atoms with Gasteiger partial charge in [0.25, 0.3) is 0 Å². The first kappa shape index (κ1) is 17.4. The van der Waals surface area contributed by atoms with E-state index in [1.54, 1.807) is 11.3 Å². The Morgan fingerprint density at radius 3 is 2.81 bits per heavy atom.